The molecule has 0 radical (unpaired) electrons. The Bertz CT molecular complexity index is 1230. The molecule has 0 spiro atoms. The van der Waals surface area contributed by atoms with Crippen molar-refractivity contribution in [2.45, 2.75) is 25.9 Å². The number of carbonyl (C=O) groups excluding carboxylic acids is 2. The Morgan fingerprint density at radius 2 is 1.63 bits per heavy atom. The number of hydrogen-bond donors (Lipinski definition) is 1. The lowest BCUT2D eigenvalue weighted by atomic mass is 9.94. The molecule has 3 rings (SSSR count). The summed E-state index contributed by atoms with van der Waals surface area (Å²) in [4.78, 5) is 23.8. The molecule has 4 nitrogen and oxygen atoms in total. The Kier molecular flexibility index (Phi) is 8.02. The van der Waals surface area contributed by atoms with Crippen LogP contribution < -0.4 is 5.43 Å². The fourth-order valence-corrected chi connectivity index (χ4v) is 3.77. The Morgan fingerprint density at radius 1 is 1.03 bits per heavy atom. The van der Waals surface area contributed by atoms with Crippen LogP contribution in [-0.2, 0) is 0 Å². The number of aryl methyl sites for hydroxylation is 2. The van der Waals surface area contributed by atoms with E-state index < -0.39 is 18.0 Å². The predicted molar refractivity (Wildman–Crippen MR) is 133 cm³/mol. The second kappa shape index (κ2) is 10.8. The molecule has 0 fully saturated rings. The minimum absolute atomic E-state index is 0.127. The van der Waals surface area contributed by atoms with Crippen molar-refractivity contribution in [1.82, 2.24) is 5.01 Å². The van der Waals surface area contributed by atoms with E-state index in [1.807, 2.05) is 0 Å². The number of hydrogen-bond acceptors (Lipinski definition) is 3. The number of hydrazine groups is 1. The summed E-state index contributed by atoms with van der Waals surface area (Å²) >= 11 is 6.12. The van der Waals surface area contributed by atoms with Gasteiger partial charge in [-0.3, -0.25) is 20.0 Å². The lowest BCUT2D eigenvalue weighted by molar-refractivity contribution is -0.139. The van der Waals surface area contributed by atoms with Crippen LogP contribution in [0.3, 0.4) is 0 Å². The van der Waals surface area contributed by atoms with Crippen molar-refractivity contribution in [3.05, 3.63) is 105 Å². The third kappa shape index (κ3) is 6.31. The summed E-state index contributed by atoms with van der Waals surface area (Å²) in [6, 6.07) is 15.9. The van der Waals surface area contributed by atoms with Crippen molar-refractivity contribution in [3.63, 3.8) is 0 Å². The summed E-state index contributed by atoms with van der Waals surface area (Å²) in [6.45, 7) is 3.36. The Morgan fingerprint density at radius 3 is 2.20 bits per heavy atom. The average Bonchev–Trinajstić information content (AvgIpc) is 2.82. The van der Waals surface area contributed by atoms with Crippen molar-refractivity contribution < 1.29 is 22.8 Å². The number of anilines is 1. The van der Waals surface area contributed by atoms with Crippen LogP contribution in [0.1, 0.15) is 48.9 Å². The van der Waals surface area contributed by atoms with Gasteiger partial charge in [0.25, 0.3) is 5.91 Å². The summed E-state index contributed by atoms with van der Waals surface area (Å²) in [7, 11) is 1.52. The van der Waals surface area contributed by atoms with Crippen LogP contribution in [0.4, 0.5) is 18.9 Å². The van der Waals surface area contributed by atoms with E-state index in [-0.39, 0.29) is 16.7 Å². The van der Waals surface area contributed by atoms with E-state index in [9.17, 15) is 22.8 Å². The zero-order valence-corrected chi connectivity index (χ0v) is 20.1. The normalized spacial score (nSPS) is 12.4. The number of alkyl halides is 3. The lowest BCUT2D eigenvalue weighted by Gasteiger charge is -2.20. The fraction of sp³-hybridized carbons (Fsp3) is 0.185. The van der Waals surface area contributed by atoms with Gasteiger partial charge in [0.15, 0.2) is 6.29 Å². The maximum Gasteiger partial charge on any atom is 0.399 e. The third-order valence-corrected chi connectivity index (χ3v) is 6.08. The minimum atomic E-state index is -4.47. The number of rotatable bonds is 7. The Hall–Kier alpha value is -3.58. The molecular formula is C27H24ClF3N2O2. The second-order valence-corrected chi connectivity index (χ2v) is 8.53. The molecule has 0 saturated carbocycles. The molecule has 1 unspecified atom stereocenters. The number of aldehydes is 1. The van der Waals surface area contributed by atoms with Gasteiger partial charge in [0.1, 0.15) is 0 Å². The van der Waals surface area contributed by atoms with E-state index in [1.54, 1.807) is 62.4 Å². The van der Waals surface area contributed by atoms with E-state index >= 15 is 0 Å². The van der Waals surface area contributed by atoms with Crippen LogP contribution in [0.2, 0.25) is 5.02 Å². The number of nitrogens with zero attached hydrogens (tertiary/aromatic N) is 1. The monoisotopic (exact) mass is 500 g/mol. The summed E-state index contributed by atoms with van der Waals surface area (Å²) < 4.78 is 41.4. The van der Waals surface area contributed by atoms with E-state index in [1.165, 1.54) is 30.3 Å². The summed E-state index contributed by atoms with van der Waals surface area (Å²) in [5, 5.41) is 1.69. The van der Waals surface area contributed by atoms with Gasteiger partial charge in [-0.1, -0.05) is 66.2 Å². The van der Waals surface area contributed by atoms with Crippen LogP contribution in [0, 0.1) is 13.8 Å². The number of halogens is 4. The van der Waals surface area contributed by atoms with Crippen LogP contribution in [0.5, 0.6) is 0 Å². The first kappa shape index (κ1) is 26.0. The van der Waals surface area contributed by atoms with Gasteiger partial charge in [0.2, 0.25) is 0 Å². The van der Waals surface area contributed by atoms with E-state index in [4.69, 9.17) is 11.6 Å². The molecule has 1 atom stereocenters. The summed E-state index contributed by atoms with van der Waals surface area (Å²) in [6.07, 6.45) is -1.32. The maximum atomic E-state index is 13.8. The maximum absolute atomic E-state index is 13.8. The summed E-state index contributed by atoms with van der Waals surface area (Å²) in [5.41, 5.74) is 5.86. The highest BCUT2D eigenvalue weighted by molar-refractivity contribution is 6.32. The van der Waals surface area contributed by atoms with E-state index in [0.29, 0.717) is 33.7 Å². The van der Waals surface area contributed by atoms with Gasteiger partial charge in [-0.2, -0.15) is 13.2 Å². The summed E-state index contributed by atoms with van der Waals surface area (Å²) in [5.74, 6) is -2.19. The predicted octanol–water partition coefficient (Wildman–Crippen LogP) is 7.23. The van der Waals surface area contributed by atoms with Crippen molar-refractivity contribution in [3.8, 4) is 0 Å². The molecule has 0 bridgehead atoms. The van der Waals surface area contributed by atoms with Gasteiger partial charge < -0.3 is 0 Å². The number of nitrogens with one attached hydrogen (secondary N) is 1. The van der Waals surface area contributed by atoms with Crippen LogP contribution in [0.15, 0.2) is 66.7 Å². The fourth-order valence-electron chi connectivity index (χ4n) is 3.66. The highest BCUT2D eigenvalue weighted by Gasteiger charge is 2.39. The van der Waals surface area contributed by atoms with Gasteiger partial charge in [0.05, 0.1) is 17.2 Å². The highest BCUT2D eigenvalue weighted by Crippen LogP contribution is 2.38. The molecule has 0 aliphatic carbocycles. The molecule has 0 saturated heterocycles. The van der Waals surface area contributed by atoms with Crippen LogP contribution in [0.25, 0.3) is 6.08 Å². The molecule has 8 heteroatoms. The molecule has 3 aromatic rings. The number of amides is 1. The molecule has 0 aliphatic rings. The second-order valence-electron chi connectivity index (χ2n) is 8.15. The Labute approximate surface area is 207 Å². The minimum Gasteiger partial charge on any atom is -0.298 e. The molecular weight excluding hydrogens is 477 g/mol. The van der Waals surface area contributed by atoms with E-state index in [2.05, 4.69) is 5.43 Å². The molecule has 182 valence electrons. The topological polar surface area (TPSA) is 49.4 Å². The standard InChI is InChI=1S/C27H24ClF3N2O2/c1-17-14-21(15-18(2)25(17)28)24(27(29,30)31)13-10-19-8-11-22(12-9-19)32-33(3)26(35)23-7-5-4-6-20(23)16-34/h4-16,24,32H,1-3H3/b13-10+. The number of benzene rings is 3. The van der Waals surface area contributed by atoms with Crippen molar-refractivity contribution in [2.24, 2.45) is 0 Å². The van der Waals surface area contributed by atoms with Crippen molar-refractivity contribution >= 4 is 35.6 Å². The molecule has 1 N–H and O–H groups in total. The lowest BCUT2D eigenvalue weighted by Crippen LogP contribution is -2.32. The molecule has 1 amide bonds. The zero-order chi connectivity index (χ0) is 25.8. The molecule has 3 aromatic carbocycles. The van der Waals surface area contributed by atoms with Gasteiger partial charge >= 0.3 is 6.18 Å². The third-order valence-electron chi connectivity index (χ3n) is 5.48. The van der Waals surface area contributed by atoms with Crippen LogP contribution in [-0.4, -0.2) is 30.4 Å². The van der Waals surface area contributed by atoms with Gasteiger partial charge in [-0.05, 0) is 54.3 Å². The molecule has 0 aromatic heterocycles. The zero-order valence-electron chi connectivity index (χ0n) is 19.4. The molecule has 35 heavy (non-hydrogen) atoms. The quantitative estimate of drug-likeness (QED) is 0.275. The SMILES string of the molecule is Cc1cc(C(/C=C/c2ccc(NN(C)C(=O)c3ccccc3C=O)cc2)C(F)(F)F)cc(C)c1Cl. The van der Waals surface area contributed by atoms with Crippen LogP contribution >= 0.6 is 11.6 Å². The highest BCUT2D eigenvalue weighted by atomic mass is 35.5. The first-order valence-electron chi connectivity index (χ1n) is 10.7. The molecule has 0 heterocycles. The van der Waals surface area contributed by atoms with Gasteiger partial charge in [-0.15, -0.1) is 0 Å². The van der Waals surface area contributed by atoms with Crippen molar-refractivity contribution in [1.29, 1.82) is 0 Å². The largest absolute Gasteiger partial charge is 0.399 e. The average molecular weight is 501 g/mol. The van der Waals surface area contributed by atoms with Crippen molar-refractivity contribution in [2.75, 3.05) is 12.5 Å². The van der Waals surface area contributed by atoms with E-state index in [0.717, 1.165) is 6.08 Å². The Balaban J connectivity index is 1.75. The first-order valence-corrected chi connectivity index (χ1v) is 11.1. The van der Waals surface area contributed by atoms with Gasteiger partial charge in [0, 0.05) is 17.6 Å². The number of carbonyl (C=O) groups is 2. The smallest absolute Gasteiger partial charge is 0.298 e. The first-order chi connectivity index (χ1) is 16.5. The number of allylic oxidation sites excluding steroid dienone is 1. The van der Waals surface area contributed by atoms with Gasteiger partial charge in [-0.25, -0.2) is 0 Å². The molecule has 0 aliphatic heterocycles.